The van der Waals surface area contributed by atoms with Crippen molar-refractivity contribution in [2.75, 3.05) is 7.11 Å². The molecule has 0 aromatic heterocycles. The first-order valence-electron chi connectivity index (χ1n) is 8.91. The minimum atomic E-state index is -0.475. The Bertz CT molecular complexity index is 796. The van der Waals surface area contributed by atoms with E-state index in [2.05, 4.69) is 6.92 Å². The number of hydrogen-bond donors (Lipinski definition) is 0. The summed E-state index contributed by atoms with van der Waals surface area (Å²) in [7, 11) is 1.31. The zero-order valence-electron chi connectivity index (χ0n) is 16.1. The smallest absolute Gasteiger partial charge is 0.338 e. The van der Waals surface area contributed by atoms with Gasteiger partial charge in [0, 0.05) is 5.56 Å². The maximum absolute atomic E-state index is 13.7. The quantitative estimate of drug-likeness (QED) is 0.474. The van der Waals surface area contributed by atoms with Crippen molar-refractivity contribution >= 4 is 11.5 Å². The zero-order chi connectivity index (χ0) is 19.8. The first-order valence-corrected chi connectivity index (χ1v) is 8.91. The van der Waals surface area contributed by atoms with E-state index in [0.29, 0.717) is 22.4 Å². The molecule has 1 unspecified atom stereocenters. The van der Waals surface area contributed by atoms with Crippen LogP contribution in [-0.4, -0.2) is 19.2 Å². The van der Waals surface area contributed by atoms with Gasteiger partial charge in [-0.25, -0.2) is 9.18 Å². The van der Waals surface area contributed by atoms with Gasteiger partial charge in [-0.1, -0.05) is 19.1 Å². The van der Waals surface area contributed by atoms with Crippen molar-refractivity contribution in [2.24, 2.45) is 0 Å². The van der Waals surface area contributed by atoms with Crippen molar-refractivity contribution < 1.29 is 23.4 Å². The third-order valence-corrected chi connectivity index (χ3v) is 4.18. The fourth-order valence-corrected chi connectivity index (χ4v) is 2.53. The second-order valence-electron chi connectivity index (χ2n) is 6.09. The number of rotatable bonds is 8. The van der Waals surface area contributed by atoms with Gasteiger partial charge in [0.25, 0.3) is 0 Å². The highest BCUT2D eigenvalue weighted by Gasteiger charge is 2.16. The van der Waals surface area contributed by atoms with E-state index in [0.717, 1.165) is 12.2 Å². The number of carbonyl (C=O) groups excluding carboxylic acids is 1. The molecule has 0 saturated heterocycles. The Kier molecular flexibility index (Phi) is 7.41. The molecule has 0 heterocycles. The van der Waals surface area contributed by atoms with Gasteiger partial charge < -0.3 is 14.2 Å². The van der Waals surface area contributed by atoms with E-state index in [4.69, 9.17) is 14.2 Å². The van der Waals surface area contributed by atoms with Crippen LogP contribution in [0.25, 0.3) is 5.57 Å². The van der Waals surface area contributed by atoms with Gasteiger partial charge in [0.1, 0.15) is 23.9 Å². The molecule has 0 fully saturated rings. The van der Waals surface area contributed by atoms with Gasteiger partial charge in [-0.05, 0) is 62.2 Å². The van der Waals surface area contributed by atoms with Gasteiger partial charge in [0.2, 0.25) is 0 Å². The van der Waals surface area contributed by atoms with Crippen molar-refractivity contribution in [2.45, 2.75) is 39.9 Å². The maximum atomic E-state index is 13.7. The standard InChI is InChI=1S/C22H25FO4/c1-5-15(3)27-19-10-8-18(9-11-19)26-14-16-13-17(23)7-12-21(16)20(6-2)22(24)25-4/h6-13,15H,5,14H2,1-4H3. The Morgan fingerprint density at radius 3 is 2.41 bits per heavy atom. The van der Waals surface area contributed by atoms with Crippen molar-refractivity contribution in [3.05, 3.63) is 65.5 Å². The molecule has 0 N–H and O–H groups in total. The molecule has 2 aromatic rings. The molecule has 5 heteroatoms. The van der Waals surface area contributed by atoms with Gasteiger partial charge in [0.05, 0.1) is 18.8 Å². The van der Waals surface area contributed by atoms with Crippen LogP contribution in [0, 0.1) is 5.82 Å². The molecule has 0 aliphatic heterocycles. The second-order valence-corrected chi connectivity index (χ2v) is 6.09. The Hall–Kier alpha value is -2.82. The predicted molar refractivity (Wildman–Crippen MR) is 103 cm³/mol. The summed E-state index contributed by atoms with van der Waals surface area (Å²) in [6.07, 6.45) is 2.71. The van der Waals surface area contributed by atoms with Gasteiger partial charge >= 0.3 is 5.97 Å². The maximum Gasteiger partial charge on any atom is 0.338 e. The molecule has 0 saturated carbocycles. The summed E-state index contributed by atoms with van der Waals surface area (Å²) in [6.45, 7) is 5.92. The number of carbonyl (C=O) groups is 1. The third-order valence-electron chi connectivity index (χ3n) is 4.18. The molecule has 27 heavy (non-hydrogen) atoms. The van der Waals surface area contributed by atoms with Crippen LogP contribution in [0.4, 0.5) is 4.39 Å². The van der Waals surface area contributed by atoms with E-state index in [1.54, 1.807) is 31.2 Å². The molecule has 4 nitrogen and oxygen atoms in total. The molecule has 0 amide bonds. The first-order chi connectivity index (χ1) is 13.0. The highest BCUT2D eigenvalue weighted by molar-refractivity contribution is 6.16. The average Bonchev–Trinajstić information content (AvgIpc) is 2.68. The minimum absolute atomic E-state index is 0.118. The van der Waals surface area contributed by atoms with Crippen LogP contribution in [-0.2, 0) is 16.1 Å². The molecule has 2 rings (SSSR count). The zero-order valence-corrected chi connectivity index (χ0v) is 16.1. The van der Waals surface area contributed by atoms with Crippen molar-refractivity contribution in [3.8, 4) is 11.5 Å². The molecule has 0 bridgehead atoms. The lowest BCUT2D eigenvalue weighted by atomic mass is 9.99. The lowest BCUT2D eigenvalue weighted by molar-refractivity contribution is -0.133. The summed E-state index contributed by atoms with van der Waals surface area (Å²) < 4.78 is 30.0. The molecular weight excluding hydrogens is 347 g/mol. The largest absolute Gasteiger partial charge is 0.491 e. The highest BCUT2D eigenvalue weighted by Crippen LogP contribution is 2.25. The summed E-state index contributed by atoms with van der Waals surface area (Å²) in [6, 6.07) is 11.5. The van der Waals surface area contributed by atoms with Crippen LogP contribution in [0.15, 0.2) is 48.5 Å². The summed E-state index contributed by atoms with van der Waals surface area (Å²) in [5.41, 5.74) is 1.52. The second kappa shape index (κ2) is 9.76. The van der Waals surface area contributed by atoms with Crippen LogP contribution in [0.2, 0.25) is 0 Å². The van der Waals surface area contributed by atoms with Crippen molar-refractivity contribution in [1.82, 2.24) is 0 Å². The monoisotopic (exact) mass is 372 g/mol. The lowest BCUT2D eigenvalue weighted by Crippen LogP contribution is -2.09. The van der Waals surface area contributed by atoms with Crippen molar-refractivity contribution in [3.63, 3.8) is 0 Å². The topological polar surface area (TPSA) is 44.8 Å². The Morgan fingerprint density at radius 2 is 1.81 bits per heavy atom. The summed E-state index contributed by atoms with van der Waals surface area (Å²) >= 11 is 0. The number of allylic oxidation sites excluding steroid dienone is 1. The molecule has 0 aliphatic carbocycles. The number of halogens is 1. The molecular formula is C22H25FO4. The van der Waals surface area contributed by atoms with Gasteiger partial charge in [-0.15, -0.1) is 0 Å². The van der Waals surface area contributed by atoms with Gasteiger partial charge in [-0.3, -0.25) is 0 Å². The lowest BCUT2D eigenvalue weighted by Gasteiger charge is -2.14. The highest BCUT2D eigenvalue weighted by atomic mass is 19.1. The Morgan fingerprint density at radius 1 is 1.15 bits per heavy atom. The van der Waals surface area contributed by atoms with Crippen LogP contribution in [0.1, 0.15) is 38.3 Å². The van der Waals surface area contributed by atoms with Crippen LogP contribution in [0.5, 0.6) is 11.5 Å². The van der Waals surface area contributed by atoms with Gasteiger partial charge in [0.15, 0.2) is 0 Å². The number of ether oxygens (including phenoxy) is 3. The number of hydrogen-bond acceptors (Lipinski definition) is 4. The van der Waals surface area contributed by atoms with E-state index < -0.39 is 11.8 Å². The molecule has 0 aliphatic rings. The first kappa shape index (κ1) is 20.5. The molecule has 0 spiro atoms. The minimum Gasteiger partial charge on any atom is -0.491 e. The fraction of sp³-hybridized carbons (Fsp3) is 0.318. The molecule has 1 atom stereocenters. The molecule has 0 radical (unpaired) electrons. The Labute approximate surface area is 159 Å². The molecule has 144 valence electrons. The van der Waals surface area contributed by atoms with Crippen LogP contribution >= 0.6 is 0 Å². The van der Waals surface area contributed by atoms with E-state index in [-0.39, 0.29) is 12.7 Å². The van der Waals surface area contributed by atoms with E-state index in [1.807, 2.05) is 19.1 Å². The SMILES string of the molecule is CC=C(C(=O)OC)c1ccc(F)cc1COc1ccc(OC(C)CC)cc1. The summed E-state index contributed by atoms with van der Waals surface area (Å²) in [5.74, 6) is 0.527. The molecule has 2 aromatic carbocycles. The normalized spacial score (nSPS) is 12.4. The van der Waals surface area contributed by atoms with Crippen molar-refractivity contribution in [1.29, 1.82) is 0 Å². The average molecular weight is 372 g/mol. The third kappa shape index (κ3) is 5.58. The van der Waals surface area contributed by atoms with E-state index in [1.165, 1.54) is 19.2 Å². The number of benzene rings is 2. The summed E-state index contributed by atoms with van der Waals surface area (Å²) in [5, 5.41) is 0. The number of esters is 1. The fourth-order valence-electron chi connectivity index (χ4n) is 2.53. The van der Waals surface area contributed by atoms with Gasteiger partial charge in [-0.2, -0.15) is 0 Å². The van der Waals surface area contributed by atoms with Crippen LogP contribution < -0.4 is 9.47 Å². The van der Waals surface area contributed by atoms with E-state index >= 15 is 0 Å². The van der Waals surface area contributed by atoms with E-state index in [9.17, 15) is 9.18 Å². The number of methoxy groups -OCH3 is 1. The summed E-state index contributed by atoms with van der Waals surface area (Å²) in [4.78, 5) is 12.0. The predicted octanol–water partition coefficient (Wildman–Crippen LogP) is 5.16. The Balaban J connectivity index is 2.15. The van der Waals surface area contributed by atoms with Crippen LogP contribution in [0.3, 0.4) is 0 Å².